The number of halogens is 2. The Morgan fingerprint density at radius 3 is 2.59 bits per heavy atom. The summed E-state index contributed by atoms with van der Waals surface area (Å²) < 4.78 is 53.3. The van der Waals surface area contributed by atoms with Gasteiger partial charge in [-0.3, -0.25) is 4.79 Å². The van der Waals surface area contributed by atoms with Crippen LogP contribution in [0.1, 0.15) is 12.8 Å². The predicted octanol–water partition coefficient (Wildman–Crippen LogP) is 2.10. The topological polar surface area (TPSA) is 99.6 Å². The van der Waals surface area contributed by atoms with Crippen LogP contribution >= 0.6 is 0 Å². The number of rotatable bonds is 4. The van der Waals surface area contributed by atoms with Crippen LogP contribution in [0.5, 0.6) is 5.75 Å². The Morgan fingerprint density at radius 1 is 1.22 bits per heavy atom. The normalized spacial score (nSPS) is 16.2. The van der Waals surface area contributed by atoms with Gasteiger partial charge in [0.2, 0.25) is 15.9 Å². The Morgan fingerprint density at radius 2 is 1.93 bits per heavy atom. The average molecular weight is 397 g/mol. The van der Waals surface area contributed by atoms with Gasteiger partial charge in [-0.25, -0.2) is 22.2 Å². The summed E-state index contributed by atoms with van der Waals surface area (Å²) >= 11 is 0. The van der Waals surface area contributed by atoms with Gasteiger partial charge in [0.1, 0.15) is 16.5 Å². The van der Waals surface area contributed by atoms with Gasteiger partial charge in [-0.05, 0) is 43.2 Å². The SMILES string of the molecule is O=C(Nc1ncccc1O)C1CCN(S(=O)(=O)c2cc(F)ccc2F)CC1. The average Bonchev–Trinajstić information content (AvgIpc) is 2.65. The molecule has 2 aromatic rings. The number of amides is 1. The second kappa shape index (κ2) is 7.57. The van der Waals surface area contributed by atoms with Crippen molar-refractivity contribution < 1.29 is 27.1 Å². The molecular weight excluding hydrogens is 380 g/mol. The number of nitrogens with zero attached hydrogens (tertiary/aromatic N) is 2. The number of pyridine rings is 1. The molecule has 27 heavy (non-hydrogen) atoms. The zero-order chi connectivity index (χ0) is 19.6. The second-order valence-electron chi connectivity index (χ2n) is 6.11. The number of carbonyl (C=O) groups is 1. The number of benzene rings is 1. The molecule has 2 heterocycles. The molecule has 7 nitrogen and oxygen atoms in total. The highest BCUT2D eigenvalue weighted by atomic mass is 32.2. The van der Waals surface area contributed by atoms with Crippen molar-refractivity contribution in [2.75, 3.05) is 18.4 Å². The Hall–Kier alpha value is -2.59. The summed E-state index contributed by atoms with van der Waals surface area (Å²) in [6.45, 7) is -0.0187. The molecule has 0 saturated carbocycles. The molecule has 1 amide bonds. The number of nitrogens with one attached hydrogen (secondary N) is 1. The fourth-order valence-corrected chi connectivity index (χ4v) is 4.43. The van der Waals surface area contributed by atoms with E-state index in [1.54, 1.807) is 0 Å². The lowest BCUT2D eigenvalue weighted by atomic mass is 9.97. The molecule has 1 aromatic carbocycles. The van der Waals surface area contributed by atoms with Crippen molar-refractivity contribution in [3.8, 4) is 5.75 Å². The van der Waals surface area contributed by atoms with Crippen molar-refractivity contribution in [2.24, 2.45) is 5.92 Å². The lowest BCUT2D eigenvalue weighted by Crippen LogP contribution is -2.41. The van der Waals surface area contributed by atoms with E-state index in [-0.39, 0.29) is 37.5 Å². The summed E-state index contributed by atoms with van der Waals surface area (Å²) in [4.78, 5) is 15.4. The quantitative estimate of drug-likeness (QED) is 0.823. The van der Waals surface area contributed by atoms with Gasteiger partial charge in [0.25, 0.3) is 0 Å². The fraction of sp³-hybridized carbons (Fsp3) is 0.294. The molecular formula is C17H17F2N3O4S. The van der Waals surface area contributed by atoms with Gasteiger partial charge >= 0.3 is 0 Å². The maximum absolute atomic E-state index is 13.8. The van der Waals surface area contributed by atoms with E-state index in [4.69, 9.17) is 0 Å². The third-order valence-electron chi connectivity index (χ3n) is 4.36. The standard InChI is InChI=1S/C17H17F2N3O4S/c18-12-3-4-13(19)15(10-12)27(25,26)22-8-5-11(6-9-22)17(24)21-16-14(23)2-1-7-20-16/h1-4,7,10-11,23H,5-6,8-9H2,(H,20,21,24). The monoisotopic (exact) mass is 397 g/mol. The minimum Gasteiger partial charge on any atom is -0.504 e. The van der Waals surface area contributed by atoms with Crippen molar-refractivity contribution in [3.63, 3.8) is 0 Å². The summed E-state index contributed by atoms with van der Waals surface area (Å²) in [5.74, 6) is -2.90. The summed E-state index contributed by atoms with van der Waals surface area (Å²) in [6.07, 6.45) is 1.82. The number of hydrogen-bond donors (Lipinski definition) is 2. The number of aromatic nitrogens is 1. The molecule has 0 bridgehead atoms. The molecule has 0 atom stereocenters. The second-order valence-corrected chi connectivity index (χ2v) is 8.02. The molecule has 0 radical (unpaired) electrons. The number of aromatic hydroxyl groups is 1. The molecule has 3 rings (SSSR count). The van der Waals surface area contributed by atoms with Gasteiger partial charge < -0.3 is 10.4 Å². The van der Waals surface area contributed by atoms with E-state index < -0.39 is 38.4 Å². The van der Waals surface area contributed by atoms with E-state index in [9.17, 15) is 27.1 Å². The Kier molecular flexibility index (Phi) is 5.38. The van der Waals surface area contributed by atoms with Gasteiger partial charge in [0.15, 0.2) is 11.6 Å². The van der Waals surface area contributed by atoms with E-state index in [1.165, 1.54) is 18.3 Å². The van der Waals surface area contributed by atoms with E-state index >= 15 is 0 Å². The predicted molar refractivity (Wildman–Crippen MR) is 92.4 cm³/mol. The molecule has 10 heteroatoms. The van der Waals surface area contributed by atoms with Gasteiger partial charge in [-0.1, -0.05) is 0 Å². The minimum absolute atomic E-state index is 0.00935. The summed E-state index contributed by atoms with van der Waals surface area (Å²) in [6, 6.07) is 5.15. The van der Waals surface area contributed by atoms with E-state index in [2.05, 4.69) is 10.3 Å². The van der Waals surface area contributed by atoms with Crippen LogP contribution in [0.4, 0.5) is 14.6 Å². The number of anilines is 1. The molecule has 0 spiro atoms. The van der Waals surface area contributed by atoms with Crippen LogP contribution in [-0.4, -0.2) is 41.8 Å². The highest BCUT2D eigenvalue weighted by Crippen LogP contribution is 2.27. The molecule has 1 aliphatic heterocycles. The van der Waals surface area contributed by atoms with Crippen LogP contribution in [-0.2, 0) is 14.8 Å². The maximum atomic E-state index is 13.8. The number of piperidine rings is 1. The largest absolute Gasteiger partial charge is 0.504 e. The third kappa shape index (κ3) is 4.06. The van der Waals surface area contributed by atoms with Crippen molar-refractivity contribution >= 4 is 21.7 Å². The molecule has 1 aromatic heterocycles. The van der Waals surface area contributed by atoms with Crippen LogP contribution in [0.15, 0.2) is 41.4 Å². The third-order valence-corrected chi connectivity index (χ3v) is 6.28. The van der Waals surface area contributed by atoms with E-state index in [0.717, 1.165) is 16.4 Å². The lowest BCUT2D eigenvalue weighted by molar-refractivity contribution is -0.120. The first-order valence-corrected chi connectivity index (χ1v) is 9.63. The Labute approximate surface area is 154 Å². The van der Waals surface area contributed by atoms with Crippen LogP contribution < -0.4 is 5.32 Å². The highest BCUT2D eigenvalue weighted by Gasteiger charge is 2.34. The van der Waals surface area contributed by atoms with Crippen molar-refractivity contribution in [1.82, 2.24) is 9.29 Å². The van der Waals surface area contributed by atoms with Crippen LogP contribution in [0, 0.1) is 17.6 Å². The van der Waals surface area contributed by atoms with Gasteiger partial charge in [0.05, 0.1) is 0 Å². The molecule has 1 fully saturated rings. The maximum Gasteiger partial charge on any atom is 0.246 e. The summed E-state index contributed by atoms with van der Waals surface area (Å²) in [5.41, 5.74) is 0. The van der Waals surface area contributed by atoms with E-state index in [1.807, 2.05) is 0 Å². The number of carbonyl (C=O) groups excluding carboxylic acids is 1. The summed E-state index contributed by atoms with van der Waals surface area (Å²) in [5, 5.41) is 12.2. The zero-order valence-electron chi connectivity index (χ0n) is 14.1. The number of sulfonamides is 1. The first-order chi connectivity index (χ1) is 12.8. The smallest absolute Gasteiger partial charge is 0.246 e. The van der Waals surface area contributed by atoms with Crippen molar-refractivity contribution in [2.45, 2.75) is 17.7 Å². The fourth-order valence-electron chi connectivity index (χ4n) is 2.88. The van der Waals surface area contributed by atoms with Crippen LogP contribution in [0.2, 0.25) is 0 Å². The first-order valence-electron chi connectivity index (χ1n) is 8.19. The summed E-state index contributed by atoms with van der Waals surface area (Å²) in [7, 11) is -4.20. The van der Waals surface area contributed by atoms with E-state index in [0.29, 0.717) is 6.07 Å². The Balaban J connectivity index is 1.67. The molecule has 2 N–H and O–H groups in total. The van der Waals surface area contributed by atoms with Crippen LogP contribution in [0.3, 0.4) is 0 Å². The van der Waals surface area contributed by atoms with Crippen molar-refractivity contribution in [1.29, 1.82) is 0 Å². The highest BCUT2D eigenvalue weighted by molar-refractivity contribution is 7.89. The first kappa shape index (κ1) is 19.2. The minimum atomic E-state index is -4.20. The zero-order valence-corrected chi connectivity index (χ0v) is 14.9. The molecule has 0 aliphatic carbocycles. The molecule has 0 unspecified atom stereocenters. The lowest BCUT2D eigenvalue weighted by Gasteiger charge is -2.30. The van der Waals surface area contributed by atoms with Crippen LogP contribution in [0.25, 0.3) is 0 Å². The molecule has 1 aliphatic rings. The van der Waals surface area contributed by atoms with Gasteiger partial charge in [-0.15, -0.1) is 0 Å². The molecule has 1 saturated heterocycles. The van der Waals surface area contributed by atoms with Gasteiger partial charge in [-0.2, -0.15) is 4.31 Å². The van der Waals surface area contributed by atoms with Crippen molar-refractivity contribution in [3.05, 3.63) is 48.2 Å². The molecule has 144 valence electrons. The number of hydrogen-bond acceptors (Lipinski definition) is 5. The Bertz CT molecular complexity index is 960. The van der Waals surface area contributed by atoms with Gasteiger partial charge in [0, 0.05) is 25.2 Å².